The highest BCUT2D eigenvalue weighted by atomic mass is 35.5. The highest BCUT2D eigenvalue weighted by Crippen LogP contribution is 2.29. The molecule has 0 aliphatic carbocycles. The van der Waals surface area contributed by atoms with Gasteiger partial charge in [0.15, 0.2) is 5.13 Å². The van der Waals surface area contributed by atoms with Crippen molar-refractivity contribution in [3.63, 3.8) is 0 Å². The van der Waals surface area contributed by atoms with E-state index in [9.17, 15) is 14.4 Å². The molecule has 10 heteroatoms. The van der Waals surface area contributed by atoms with Crippen LogP contribution >= 0.6 is 34.7 Å². The van der Waals surface area contributed by atoms with E-state index in [1.165, 1.54) is 23.1 Å². The zero-order chi connectivity index (χ0) is 33.5. The number of amides is 3. The Hall–Kier alpha value is -5.22. The maximum absolute atomic E-state index is 13.6. The largest absolute Gasteiger partial charge is 0.321 e. The maximum Gasteiger partial charge on any atom is 0.272 e. The number of rotatable bonds is 10. The Kier molecular flexibility index (Phi) is 10.3. The average Bonchev–Trinajstić information content (AvgIpc) is 3.58. The van der Waals surface area contributed by atoms with Gasteiger partial charge in [-0.2, -0.15) is 0 Å². The summed E-state index contributed by atoms with van der Waals surface area (Å²) in [4.78, 5) is 45.0. The lowest BCUT2D eigenvalue weighted by molar-refractivity contribution is -0.115. The van der Waals surface area contributed by atoms with Crippen LogP contribution < -0.4 is 16.0 Å². The predicted molar refractivity (Wildman–Crippen MR) is 197 cm³/mol. The van der Waals surface area contributed by atoms with Gasteiger partial charge in [0.2, 0.25) is 5.91 Å². The van der Waals surface area contributed by atoms with Crippen molar-refractivity contribution in [2.75, 3.05) is 10.6 Å². The van der Waals surface area contributed by atoms with Gasteiger partial charge in [-0.3, -0.25) is 14.4 Å². The molecular weight excluding hydrogens is 660 g/mol. The first-order valence-electron chi connectivity index (χ1n) is 15.0. The van der Waals surface area contributed by atoms with E-state index in [0.29, 0.717) is 21.4 Å². The van der Waals surface area contributed by atoms with Crippen molar-refractivity contribution in [2.45, 2.75) is 17.1 Å². The first kappa shape index (κ1) is 32.7. The number of hydrogen-bond donors (Lipinski definition) is 3. The minimum Gasteiger partial charge on any atom is -0.321 e. The third kappa shape index (κ3) is 8.19. The number of hydrogen-bond acceptors (Lipinski definition) is 6. The van der Waals surface area contributed by atoms with E-state index in [4.69, 9.17) is 11.6 Å². The number of nitrogens with zero attached hydrogens (tertiary/aromatic N) is 1. The minimum atomic E-state index is -0.471. The van der Waals surface area contributed by atoms with Crippen LogP contribution in [0.1, 0.15) is 22.8 Å². The molecule has 48 heavy (non-hydrogen) atoms. The monoisotopic (exact) mass is 688 g/mol. The van der Waals surface area contributed by atoms with Gasteiger partial charge >= 0.3 is 0 Å². The molecule has 6 rings (SSSR count). The molecule has 0 fully saturated rings. The third-order valence-corrected chi connectivity index (χ3v) is 9.44. The van der Waals surface area contributed by atoms with Crippen LogP contribution in [0.25, 0.3) is 28.1 Å². The number of fused-ring (bicyclic) bond motifs is 1. The number of thioether (sulfide) groups is 1. The summed E-state index contributed by atoms with van der Waals surface area (Å²) >= 11 is 8.73. The van der Waals surface area contributed by atoms with Gasteiger partial charge in [0.05, 0.1) is 10.9 Å². The fourth-order valence-corrected chi connectivity index (χ4v) is 6.55. The van der Waals surface area contributed by atoms with E-state index >= 15 is 0 Å². The van der Waals surface area contributed by atoms with Crippen LogP contribution in [-0.4, -0.2) is 28.0 Å². The van der Waals surface area contributed by atoms with Gasteiger partial charge in [-0.15, -0.1) is 23.1 Å². The summed E-state index contributed by atoms with van der Waals surface area (Å²) in [5, 5.41) is 13.2. The summed E-state index contributed by atoms with van der Waals surface area (Å²) < 4.78 is 0. The number of anilines is 2. The molecule has 238 valence electrons. The lowest BCUT2D eigenvalue weighted by atomic mass is 10.0. The van der Waals surface area contributed by atoms with Gasteiger partial charge in [0, 0.05) is 32.1 Å². The standard InChI is InChI=1S/C38H29ClN4O3S2/c1-24(35(44)43-38-42-34(23-47-38)26-14-16-29(39)17-15-26)48-31-20-18-30(19-21-31)40-37(46)33(41-36(45)27-9-3-2-4-10-27)22-28-12-7-11-25-8-5-6-13-32(25)28/h2-24H,1H3,(H,40,46)(H,41,45)(H,42,43,44)/b33-22-. The SMILES string of the molecule is CC(Sc1ccc(NC(=O)/C(=C/c2cccc3ccccc23)NC(=O)c2ccccc2)cc1)C(=O)Nc1nc(-c2ccc(Cl)cc2)cs1. The summed E-state index contributed by atoms with van der Waals surface area (Å²) in [6.07, 6.45) is 1.68. The molecule has 0 aliphatic rings. The normalized spacial score (nSPS) is 11.9. The van der Waals surface area contributed by atoms with Crippen LogP contribution in [0.4, 0.5) is 10.8 Å². The van der Waals surface area contributed by atoms with Crippen molar-refractivity contribution in [2.24, 2.45) is 0 Å². The van der Waals surface area contributed by atoms with Crippen molar-refractivity contribution in [3.8, 4) is 11.3 Å². The Labute approximate surface area is 291 Å². The molecule has 0 spiro atoms. The lowest BCUT2D eigenvalue weighted by Gasteiger charge is -2.13. The number of benzene rings is 5. The maximum atomic E-state index is 13.6. The van der Waals surface area contributed by atoms with E-state index in [1.807, 2.05) is 85.1 Å². The zero-order valence-electron chi connectivity index (χ0n) is 25.6. The van der Waals surface area contributed by atoms with Crippen LogP contribution in [0.5, 0.6) is 0 Å². The first-order valence-corrected chi connectivity index (χ1v) is 17.1. The third-order valence-electron chi connectivity index (χ3n) is 7.32. The molecule has 3 amide bonds. The number of halogens is 1. The molecule has 0 aliphatic heterocycles. The molecule has 1 unspecified atom stereocenters. The molecule has 1 heterocycles. The van der Waals surface area contributed by atoms with Gasteiger partial charge in [0.25, 0.3) is 11.8 Å². The van der Waals surface area contributed by atoms with Gasteiger partial charge in [-0.05, 0) is 77.9 Å². The highest BCUT2D eigenvalue weighted by molar-refractivity contribution is 8.00. The number of nitrogens with one attached hydrogen (secondary N) is 3. The average molecular weight is 689 g/mol. The van der Waals surface area contributed by atoms with Gasteiger partial charge in [0.1, 0.15) is 5.70 Å². The summed E-state index contributed by atoms with van der Waals surface area (Å²) in [7, 11) is 0. The molecule has 5 aromatic carbocycles. The molecule has 1 aromatic heterocycles. The van der Waals surface area contributed by atoms with E-state index in [0.717, 1.165) is 32.5 Å². The lowest BCUT2D eigenvalue weighted by Crippen LogP contribution is -2.30. The first-order chi connectivity index (χ1) is 23.3. The summed E-state index contributed by atoms with van der Waals surface area (Å²) in [6, 6.07) is 37.0. The molecule has 7 nitrogen and oxygen atoms in total. The number of carbonyl (C=O) groups excluding carboxylic acids is 3. The van der Waals surface area contributed by atoms with Crippen molar-refractivity contribution >= 4 is 80.1 Å². The van der Waals surface area contributed by atoms with Crippen molar-refractivity contribution in [3.05, 3.63) is 149 Å². The van der Waals surface area contributed by atoms with Crippen LogP contribution in [-0.2, 0) is 9.59 Å². The second-order valence-corrected chi connectivity index (χ2v) is 13.4. The molecule has 0 radical (unpaired) electrons. The number of aromatic nitrogens is 1. The summed E-state index contributed by atoms with van der Waals surface area (Å²) in [6.45, 7) is 1.82. The molecule has 6 aromatic rings. The Balaban J connectivity index is 1.12. The van der Waals surface area contributed by atoms with Crippen LogP contribution in [0.3, 0.4) is 0 Å². The Morgan fingerprint density at radius 2 is 1.52 bits per heavy atom. The fourth-order valence-electron chi connectivity index (χ4n) is 4.84. The van der Waals surface area contributed by atoms with E-state index in [-0.39, 0.29) is 11.6 Å². The predicted octanol–water partition coefficient (Wildman–Crippen LogP) is 9.15. The van der Waals surface area contributed by atoms with Gasteiger partial charge < -0.3 is 16.0 Å². The topological polar surface area (TPSA) is 100 Å². The van der Waals surface area contributed by atoms with E-state index < -0.39 is 17.1 Å². The molecular formula is C38H29ClN4O3S2. The van der Waals surface area contributed by atoms with Gasteiger partial charge in [-0.25, -0.2) is 4.98 Å². The quantitative estimate of drug-likeness (QED) is 0.0985. The summed E-state index contributed by atoms with van der Waals surface area (Å²) in [5.74, 6) is -1.04. The zero-order valence-corrected chi connectivity index (χ0v) is 28.0. The summed E-state index contributed by atoms with van der Waals surface area (Å²) in [5.41, 5.74) is 3.55. The van der Waals surface area contributed by atoms with Crippen molar-refractivity contribution in [1.29, 1.82) is 0 Å². The fraction of sp³-hybridized carbons (Fsp3) is 0.0526. The highest BCUT2D eigenvalue weighted by Gasteiger charge is 2.18. The number of carbonyl (C=O) groups is 3. The van der Waals surface area contributed by atoms with Crippen molar-refractivity contribution < 1.29 is 14.4 Å². The van der Waals surface area contributed by atoms with Crippen LogP contribution in [0, 0.1) is 0 Å². The Bertz CT molecular complexity index is 2110. The van der Waals surface area contributed by atoms with E-state index in [1.54, 1.807) is 54.6 Å². The molecule has 1 atom stereocenters. The minimum absolute atomic E-state index is 0.102. The van der Waals surface area contributed by atoms with Gasteiger partial charge in [-0.1, -0.05) is 84.4 Å². The van der Waals surface area contributed by atoms with Crippen LogP contribution in [0.2, 0.25) is 5.02 Å². The Morgan fingerprint density at radius 3 is 2.29 bits per heavy atom. The molecule has 0 saturated carbocycles. The molecule has 0 bridgehead atoms. The smallest absolute Gasteiger partial charge is 0.272 e. The van der Waals surface area contributed by atoms with E-state index in [2.05, 4.69) is 20.9 Å². The van der Waals surface area contributed by atoms with Crippen LogP contribution in [0.15, 0.2) is 137 Å². The van der Waals surface area contributed by atoms with Crippen molar-refractivity contribution in [1.82, 2.24) is 10.3 Å². The molecule has 0 saturated heterocycles. The second-order valence-electron chi connectivity index (χ2n) is 10.7. The number of thiazole rings is 1. The second kappa shape index (κ2) is 15.1. The molecule has 3 N–H and O–H groups in total. The Morgan fingerprint density at radius 1 is 0.812 bits per heavy atom.